The van der Waals surface area contributed by atoms with Gasteiger partial charge in [-0.05, 0) is 0 Å². The van der Waals surface area contributed by atoms with Crippen LogP contribution in [0.2, 0.25) is 5.02 Å². The van der Waals surface area contributed by atoms with Crippen molar-refractivity contribution in [2.45, 2.75) is 20.0 Å². The summed E-state index contributed by atoms with van der Waals surface area (Å²) in [4.78, 5) is 4.35. The van der Waals surface area contributed by atoms with Crippen LogP contribution in [0, 0.1) is 0 Å². The average Bonchev–Trinajstić information content (AvgIpc) is 2.67. The summed E-state index contributed by atoms with van der Waals surface area (Å²) in [5.74, 6) is 0.725. The average molecular weight is 380 g/mol. The van der Waals surface area contributed by atoms with E-state index in [1.54, 1.807) is 0 Å². The van der Waals surface area contributed by atoms with Crippen LogP contribution in [-0.4, -0.2) is 25.6 Å². The Bertz CT molecular complexity index is 527. The van der Waals surface area contributed by atoms with Crippen molar-refractivity contribution in [3.63, 3.8) is 0 Å². The van der Waals surface area contributed by atoms with E-state index in [4.69, 9.17) is 16.3 Å². The van der Waals surface area contributed by atoms with Crippen molar-refractivity contribution in [3.8, 4) is 15.9 Å². The molecule has 0 spiro atoms. The zero-order valence-corrected chi connectivity index (χ0v) is 13.5. The van der Waals surface area contributed by atoms with Gasteiger partial charge in [-0.3, -0.25) is 0 Å². The molecule has 0 aliphatic rings. The summed E-state index contributed by atoms with van der Waals surface area (Å²) in [5, 5.41) is 0.637. The summed E-state index contributed by atoms with van der Waals surface area (Å²) in [6, 6.07) is 5.82. The van der Waals surface area contributed by atoms with Crippen molar-refractivity contribution in [1.29, 1.82) is 0 Å². The fourth-order valence-corrected chi connectivity index (χ4v) is 3.84. The topological polar surface area (TPSA) is 22.1 Å². The van der Waals surface area contributed by atoms with Crippen molar-refractivity contribution >= 4 is 42.0 Å². The SMILES string of the molecule is CC(C)Oc1ccc(-c2ncc(Br)[se]2)cc1Cl. The van der Waals surface area contributed by atoms with E-state index >= 15 is 0 Å². The Kier molecular flexibility index (Phi) is 4.31. The molecule has 0 N–H and O–H groups in total. The predicted molar refractivity (Wildman–Crippen MR) is 75.1 cm³/mol. The van der Waals surface area contributed by atoms with Gasteiger partial charge < -0.3 is 0 Å². The van der Waals surface area contributed by atoms with Gasteiger partial charge in [0.05, 0.1) is 0 Å². The van der Waals surface area contributed by atoms with Gasteiger partial charge in [0.15, 0.2) is 0 Å². The van der Waals surface area contributed by atoms with E-state index in [9.17, 15) is 0 Å². The Hall–Kier alpha value is -0.281. The molecule has 5 heteroatoms. The molecular formula is C12H11BrClNOSe. The minimum absolute atomic E-state index is 0.127. The number of hydrogen-bond donors (Lipinski definition) is 0. The molecule has 90 valence electrons. The molecule has 2 nitrogen and oxygen atoms in total. The number of benzene rings is 1. The maximum atomic E-state index is 6.19. The summed E-state index contributed by atoms with van der Waals surface area (Å²) >= 11 is 9.90. The molecule has 0 bridgehead atoms. The first-order chi connectivity index (χ1) is 8.06. The predicted octanol–water partition coefficient (Wildman–Crippen LogP) is 4.01. The Labute approximate surface area is 120 Å². The van der Waals surface area contributed by atoms with Gasteiger partial charge in [-0.2, -0.15) is 0 Å². The summed E-state index contributed by atoms with van der Waals surface area (Å²) in [5.41, 5.74) is 1.07. The van der Waals surface area contributed by atoms with Crippen LogP contribution in [0.3, 0.4) is 0 Å². The van der Waals surface area contributed by atoms with Gasteiger partial charge in [-0.15, -0.1) is 0 Å². The number of aromatic nitrogens is 1. The van der Waals surface area contributed by atoms with Crippen LogP contribution >= 0.6 is 27.5 Å². The molecule has 0 aliphatic carbocycles. The maximum absolute atomic E-state index is 6.19. The molecule has 0 saturated heterocycles. The van der Waals surface area contributed by atoms with Gasteiger partial charge in [-0.25, -0.2) is 0 Å². The Morgan fingerprint density at radius 3 is 2.71 bits per heavy atom. The summed E-state index contributed by atoms with van der Waals surface area (Å²) in [6.45, 7) is 3.96. The molecule has 2 rings (SSSR count). The summed E-state index contributed by atoms with van der Waals surface area (Å²) in [7, 11) is 0. The molecule has 17 heavy (non-hydrogen) atoms. The van der Waals surface area contributed by atoms with E-state index in [2.05, 4.69) is 20.9 Å². The second-order valence-corrected chi connectivity index (χ2v) is 8.39. The van der Waals surface area contributed by atoms with E-state index in [-0.39, 0.29) is 20.6 Å². The zero-order chi connectivity index (χ0) is 12.4. The molecule has 0 unspecified atom stereocenters. The van der Waals surface area contributed by atoms with Crippen LogP contribution in [0.15, 0.2) is 27.7 Å². The van der Waals surface area contributed by atoms with E-state index in [0.29, 0.717) is 5.02 Å². The van der Waals surface area contributed by atoms with Crippen molar-refractivity contribution < 1.29 is 4.74 Å². The summed E-state index contributed by atoms with van der Waals surface area (Å²) < 4.78 is 7.83. The van der Waals surface area contributed by atoms with Crippen LogP contribution in [0.5, 0.6) is 5.75 Å². The van der Waals surface area contributed by atoms with E-state index in [1.807, 2.05) is 38.2 Å². The van der Waals surface area contributed by atoms with E-state index in [1.165, 1.54) is 0 Å². The number of ether oxygens (including phenoxy) is 1. The van der Waals surface area contributed by atoms with E-state index < -0.39 is 0 Å². The Balaban J connectivity index is 2.30. The van der Waals surface area contributed by atoms with Gasteiger partial charge in [0, 0.05) is 0 Å². The van der Waals surface area contributed by atoms with Crippen molar-refractivity contribution in [2.24, 2.45) is 0 Å². The molecule has 0 atom stereocenters. The molecule has 0 amide bonds. The molecule has 0 fully saturated rings. The second kappa shape index (κ2) is 5.57. The van der Waals surface area contributed by atoms with Gasteiger partial charge >= 0.3 is 120 Å². The monoisotopic (exact) mass is 379 g/mol. The zero-order valence-electron chi connectivity index (χ0n) is 9.41. The standard InChI is InChI=1S/C12H11BrClNOSe/c1-7(2)16-10-4-3-8(5-9(10)14)12-15-6-11(13)17-12/h3-7H,1-2H3. The van der Waals surface area contributed by atoms with Gasteiger partial charge in [0.2, 0.25) is 0 Å². The minimum atomic E-state index is 0.127. The Morgan fingerprint density at radius 1 is 1.41 bits per heavy atom. The van der Waals surface area contributed by atoms with Crippen molar-refractivity contribution in [3.05, 3.63) is 32.8 Å². The van der Waals surface area contributed by atoms with Crippen LogP contribution in [-0.2, 0) is 0 Å². The molecule has 1 aromatic heterocycles. The fourth-order valence-electron chi connectivity index (χ4n) is 1.37. The quantitative estimate of drug-likeness (QED) is 0.752. The van der Waals surface area contributed by atoms with Gasteiger partial charge in [0.25, 0.3) is 0 Å². The van der Waals surface area contributed by atoms with Crippen LogP contribution in [0.4, 0.5) is 0 Å². The number of hydrogen-bond acceptors (Lipinski definition) is 2. The third kappa shape index (κ3) is 3.35. The molecule has 0 saturated carbocycles. The molecule has 1 aromatic carbocycles. The normalized spacial score (nSPS) is 10.9. The first kappa shape index (κ1) is 13.2. The van der Waals surface area contributed by atoms with Crippen molar-refractivity contribution in [1.82, 2.24) is 4.98 Å². The van der Waals surface area contributed by atoms with Crippen LogP contribution < -0.4 is 4.74 Å². The third-order valence-electron chi connectivity index (χ3n) is 2.02. The first-order valence-electron chi connectivity index (χ1n) is 5.14. The molecule has 0 radical (unpaired) electrons. The molecule has 0 aliphatic heterocycles. The third-order valence-corrected chi connectivity index (χ3v) is 5.11. The second-order valence-electron chi connectivity index (χ2n) is 3.78. The fraction of sp³-hybridized carbons (Fsp3) is 0.250. The Morgan fingerprint density at radius 2 is 2.18 bits per heavy atom. The summed E-state index contributed by atoms with van der Waals surface area (Å²) in [6.07, 6.45) is 1.98. The van der Waals surface area contributed by atoms with Crippen LogP contribution in [0.1, 0.15) is 13.8 Å². The number of halogens is 2. The van der Waals surface area contributed by atoms with Gasteiger partial charge in [0.1, 0.15) is 0 Å². The van der Waals surface area contributed by atoms with Crippen LogP contribution in [0.25, 0.3) is 10.1 Å². The van der Waals surface area contributed by atoms with Gasteiger partial charge in [-0.1, -0.05) is 0 Å². The number of rotatable bonds is 3. The molecule has 1 heterocycles. The first-order valence-corrected chi connectivity index (χ1v) is 8.02. The van der Waals surface area contributed by atoms with E-state index in [0.717, 1.165) is 19.2 Å². The number of nitrogens with zero attached hydrogens (tertiary/aromatic N) is 1. The van der Waals surface area contributed by atoms with Crippen molar-refractivity contribution in [2.75, 3.05) is 0 Å². The molecule has 2 aromatic rings. The molecular weight excluding hydrogens is 368 g/mol.